The predicted molar refractivity (Wildman–Crippen MR) is 135 cm³/mol. The van der Waals surface area contributed by atoms with Crippen LogP contribution in [0.2, 0.25) is 0 Å². The van der Waals surface area contributed by atoms with Crippen LogP contribution in [0.15, 0.2) is 68.3 Å². The molecule has 0 radical (unpaired) electrons. The van der Waals surface area contributed by atoms with E-state index in [1.165, 1.54) is 23.5 Å². The molecule has 0 aromatic heterocycles. The Labute approximate surface area is 204 Å². The number of aromatic hydroxyl groups is 2. The van der Waals surface area contributed by atoms with E-state index in [0.717, 1.165) is 11.1 Å². The molecule has 2 aromatic rings. The first-order chi connectivity index (χ1) is 16.4. The lowest BCUT2D eigenvalue weighted by Gasteiger charge is -2.35. The smallest absolute Gasteiger partial charge is 0.286 e. The summed E-state index contributed by atoms with van der Waals surface area (Å²) in [7, 11) is 0. The minimum atomic E-state index is -0.263. The Morgan fingerprint density at radius 3 is 1.35 bits per heavy atom. The van der Waals surface area contributed by atoms with Crippen LogP contribution < -0.4 is 0 Å². The highest BCUT2D eigenvalue weighted by Gasteiger charge is 2.32. The molecule has 172 valence electrons. The molecule has 3 aliphatic heterocycles. The zero-order valence-corrected chi connectivity index (χ0v) is 19.6. The number of amides is 2. The van der Waals surface area contributed by atoms with Crippen LogP contribution in [0.25, 0.3) is 12.2 Å². The Balaban J connectivity index is 1.18. The van der Waals surface area contributed by atoms with Gasteiger partial charge in [-0.05, 0) is 71.1 Å². The molecule has 0 atom stereocenters. The summed E-state index contributed by atoms with van der Waals surface area (Å²) in [6, 6.07) is 13.3. The van der Waals surface area contributed by atoms with Crippen molar-refractivity contribution in [2.45, 2.75) is 0 Å². The number of carbonyl (C=O) groups excluding carboxylic acids is 2. The van der Waals surface area contributed by atoms with Crippen molar-refractivity contribution < 1.29 is 19.8 Å². The van der Waals surface area contributed by atoms with Crippen molar-refractivity contribution in [3.05, 3.63) is 69.5 Å². The van der Waals surface area contributed by atoms with Gasteiger partial charge in [-0.1, -0.05) is 24.3 Å². The van der Waals surface area contributed by atoms with E-state index in [2.05, 4.69) is 19.8 Å². The highest BCUT2D eigenvalue weighted by molar-refractivity contribution is 8.18. The quantitative estimate of drug-likeness (QED) is 0.615. The molecule has 3 heterocycles. The second-order valence-electron chi connectivity index (χ2n) is 7.78. The first kappa shape index (κ1) is 22.3. The Hall–Kier alpha value is -3.50. The molecule has 1 saturated heterocycles. The van der Waals surface area contributed by atoms with Crippen LogP contribution in [-0.2, 0) is 9.59 Å². The molecule has 1 fully saturated rings. The van der Waals surface area contributed by atoms with Crippen LogP contribution in [0.3, 0.4) is 0 Å². The summed E-state index contributed by atoms with van der Waals surface area (Å²) in [5.74, 6) is -0.171. The third-order valence-electron chi connectivity index (χ3n) is 5.42. The third-order valence-corrected chi connectivity index (χ3v) is 7.51. The normalized spacial score (nSPS) is 20.9. The molecular weight excluding hydrogens is 472 g/mol. The molecule has 5 rings (SSSR count). The van der Waals surface area contributed by atoms with Gasteiger partial charge in [-0.15, -0.1) is 0 Å². The molecule has 3 aliphatic rings. The van der Waals surface area contributed by atoms with E-state index in [1.807, 2.05) is 0 Å². The Bertz CT molecular complexity index is 1160. The van der Waals surface area contributed by atoms with Gasteiger partial charge < -0.3 is 20.0 Å². The Morgan fingerprint density at radius 2 is 1.00 bits per heavy atom. The number of phenols is 2. The summed E-state index contributed by atoms with van der Waals surface area (Å²) in [6.07, 6.45) is 3.55. The highest BCUT2D eigenvalue weighted by Crippen LogP contribution is 2.33. The molecule has 0 bridgehead atoms. The largest absolute Gasteiger partial charge is 0.508 e. The lowest BCUT2D eigenvalue weighted by molar-refractivity contribution is -0.114. The number of amidine groups is 2. The van der Waals surface area contributed by atoms with Crippen LogP contribution in [0.1, 0.15) is 11.1 Å². The standard InChI is InChI=1S/C24H20N4O4S2/c29-17-5-1-15(2-6-17)13-19-21(31)25-23(33-19)27-9-11-28(12-10-27)24-26-22(32)20(34-24)14-16-3-7-18(30)8-4-16/h1-8,13-14,29-30H,9-12H2/b19-13-,20-14-. The predicted octanol–water partition coefficient (Wildman–Crippen LogP) is 3.36. The van der Waals surface area contributed by atoms with Crippen molar-refractivity contribution in [3.8, 4) is 11.5 Å². The maximum absolute atomic E-state index is 12.4. The van der Waals surface area contributed by atoms with Gasteiger partial charge in [0.2, 0.25) is 0 Å². The molecule has 0 aliphatic carbocycles. The number of rotatable bonds is 2. The van der Waals surface area contributed by atoms with E-state index in [4.69, 9.17) is 0 Å². The number of aliphatic imine (C=N–C) groups is 2. The monoisotopic (exact) mass is 492 g/mol. The van der Waals surface area contributed by atoms with Gasteiger partial charge in [-0.2, -0.15) is 9.98 Å². The molecule has 0 spiro atoms. The number of piperazine rings is 1. The average molecular weight is 493 g/mol. The van der Waals surface area contributed by atoms with Crippen molar-refractivity contribution in [3.63, 3.8) is 0 Å². The van der Waals surface area contributed by atoms with E-state index < -0.39 is 0 Å². The van der Waals surface area contributed by atoms with Gasteiger partial charge in [-0.3, -0.25) is 9.59 Å². The fraction of sp³-hybridized carbons (Fsp3) is 0.167. The van der Waals surface area contributed by atoms with Gasteiger partial charge in [0, 0.05) is 26.2 Å². The second kappa shape index (κ2) is 9.40. The van der Waals surface area contributed by atoms with E-state index in [-0.39, 0.29) is 23.3 Å². The summed E-state index contributed by atoms with van der Waals surface area (Å²) in [4.78, 5) is 38.4. The Kier molecular flexibility index (Phi) is 6.16. The van der Waals surface area contributed by atoms with Crippen molar-refractivity contribution in [2.75, 3.05) is 26.2 Å². The van der Waals surface area contributed by atoms with Gasteiger partial charge in [0.05, 0.1) is 9.81 Å². The number of thioether (sulfide) groups is 2. The minimum Gasteiger partial charge on any atom is -0.508 e. The van der Waals surface area contributed by atoms with Crippen molar-refractivity contribution in [1.29, 1.82) is 0 Å². The van der Waals surface area contributed by atoms with E-state index in [9.17, 15) is 19.8 Å². The Morgan fingerprint density at radius 1 is 0.647 bits per heavy atom. The summed E-state index contributed by atoms with van der Waals surface area (Å²) in [5, 5.41) is 20.2. The molecule has 0 unspecified atom stereocenters. The van der Waals surface area contributed by atoms with Gasteiger partial charge in [0.25, 0.3) is 11.8 Å². The molecule has 8 nitrogen and oxygen atoms in total. The fourth-order valence-corrected chi connectivity index (χ4v) is 5.53. The zero-order chi connectivity index (χ0) is 23.7. The van der Waals surface area contributed by atoms with Gasteiger partial charge >= 0.3 is 0 Å². The van der Waals surface area contributed by atoms with Crippen LogP contribution in [0, 0.1) is 0 Å². The maximum atomic E-state index is 12.4. The first-order valence-corrected chi connectivity index (χ1v) is 12.2. The second-order valence-corrected chi connectivity index (χ2v) is 9.80. The van der Waals surface area contributed by atoms with E-state index >= 15 is 0 Å². The molecule has 10 heteroatoms. The number of carbonyl (C=O) groups is 2. The van der Waals surface area contributed by atoms with Gasteiger partial charge in [0.1, 0.15) is 11.5 Å². The van der Waals surface area contributed by atoms with Crippen LogP contribution in [-0.4, -0.2) is 68.3 Å². The topological polar surface area (TPSA) is 106 Å². The molecular formula is C24H20N4O4S2. The van der Waals surface area contributed by atoms with Crippen LogP contribution in [0.4, 0.5) is 0 Å². The van der Waals surface area contributed by atoms with Crippen LogP contribution >= 0.6 is 23.5 Å². The first-order valence-electron chi connectivity index (χ1n) is 10.6. The zero-order valence-electron chi connectivity index (χ0n) is 17.9. The molecule has 2 aromatic carbocycles. The summed E-state index contributed by atoms with van der Waals surface area (Å²) >= 11 is 2.70. The SMILES string of the molecule is O=C1N=C(N2CCN(C3=NC(=O)/C(=C/c4ccc(O)cc4)S3)CC2)S/C1=C\c1ccc(O)cc1. The van der Waals surface area contributed by atoms with Gasteiger partial charge in [-0.25, -0.2) is 0 Å². The number of phenolic OH excluding ortho intramolecular Hbond substituents is 2. The third kappa shape index (κ3) is 4.87. The fourth-order valence-electron chi connectivity index (χ4n) is 3.60. The molecule has 2 N–H and O–H groups in total. The molecule has 34 heavy (non-hydrogen) atoms. The number of benzene rings is 2. The van der Waals surface area contributed by atoms with Crippen LogP contribution in [0.5, 0.6) is 11.5 Å². The van der Waals surface area contributed by atoms with Gasteiger partial charge in [0.15, 0.2) is 10.3 Å². The number of nitrogens with zero attached hydrogens (tertiary/aromatic N) is 4. The van der Waals surface area contributed by atoms with Crippen molar-refractivity contribution in [2.24, 2.45) is 9.98 Å². The lowest BCUT2D eigenvalue weighted by atomic mass is 10.2. The summed E-state index contributed by atoms with van der Waals surface area (Å²) in [6.45, 7) is 2.65. The average Bonchev–Trinajstić information content (AvgIpc) is 3.39. The van der Waals surface area contributed by atoms with E-state index in [0.29, 0.717) is 46.3 Å². The summed E-state index contributed by atoms with van der Waals surface area (Å²) < 4.78 is 0. The maximum Gasteiger partial charge on any atom is 0.286 e. The van der Waals surface area contributed by atoms with E-state index in [1.54, 1.807) is 60.7 Å². The minimum absolute atomic E-state index is 0.178. The number of hydrogen-bond acceptors (Lipinski definition) is 8. The van der Waals surface area contributed by atoms with Crippen molar-refractivity contribution in [1.82, 2.24) is 9.80 Å². The molecule has 2 amide bonds. The number of hydrogen-bond donors (Lipinski definition) is 2. The lowest BCUT2D eigenvalue weighted by Crippen LogP contribution is -2.49. The summed E-state index contributed by atoms with van der Waals surface area (Å²) in [5.41, 5.74) is 1.65. The highest BCUT2D eigenvalue weighted by atomic mass is 32.2. The van der Waals surface area contributed by atoms with Crippen molar-refractivity contribution >= 4 is 57.8 Å². The molecule has 0 saturated carbocycles.